The molecule has 0 radical (unpaired) electrons. The molecule has 2 atom stereocenters. The molecule has 0 aromatic carbocycles. The van der Waals surface area contributed by atoms with E-state index in [1.165, 1.54) is 0 Å². The Morgan fingerprint density at radius 1 is 1.53 bits per heavy atom. The van der Waals surface area contributed by atoms with E-state index in [0.29, 0.717) is 13.2 Å². The van der Waals surface area contributed by atoms with Crippen LogP contribution in [0.2, 0.25) is 0 Å². The highest BCUT2D eigenvalue weighted by atomic mass is 128. The molecule has 1 saturated heterocycles. The molecule has 0 amide bonds. The summed E-state index contributed by atoms with van der Waals surface area (Å²) >= 11 is 2.71. The molecule has 1 rings (SSSR count). The lowest BCUT2D eigenvalue weighted by Crippen LogP contribution is -2.15. The van der Waals surface area contributed by atoms with Gasteiger partial charge in [-0.2, -0.15) is 4.21 Å². The minimum absolute atomic E-state index is 0.157. The summed E-state index contributed by atoms with van der Waals surface area (Å²) in [6, 6.07) is 0. The Morgan fingerprint density at radius 3 is 2.18 bits per heavy atom. The van der Waals surface area contributed by atoms with Gasteiger partial charge in [0.1, 0.15) is 6.10 Å². The van der Waals surface area contributed by atoms with Crippen LogP contribution in [0.4, 0.5) is 0 Å². The summed E-state index contributed by atoms with van der Waals surface area (Å²) in [6.45, 7) is 0.798. The maximum Gasteiger partial charge on any atom is 0.305 e. The lowest BCUT2D eigenvalue weighted by Gasteiger charge is -2.00. The van der Waals surface area contributed by atoms with E-state index in [0.717, 1.165) is 7.11 Å². The second-order valence-corrected chi connectivity index (χ2v) is 5.21. The summed E-state index contributed by atoms with van der Waals surface area (Å²) in [5.41, 5.74) is 0. The maximum absolute atomic E-state index is 10.3. The van der Waals surface area contributed by atoms with E-state index in [1.54, 1.807) is 7.11 Å². The highest BCUT2D eigenvalue weighted by Gasteiger charge is 2.22. The number of aliphatic hydroxyl groups is 1. The maximum atomic E-state index is 10.3. The highest BCUT2D eigenvalue weighted by Crippen LogP contribution is 2.07. The first-order valence-electron chi connectivity index (χ1n) is 3.60. The average molecular weight is 557 g/mol. The Kier molecular flexibility index (Phi) is 29.2. The molecule has 108 valence electrons. The third-order valence-corrected chi connectivity index (χ3v) is 1.68. The summed E-state index contributed by atoms with van der Waals surface area (Å²) < 4.78 is 33.5. The van der Waals surface area contributed by atoms with Crippen LogP contribution in [0.25, 0.3) is 0 Å². The highest BCUT2D eigenvalue weighted by molar-refractivity contribution is 15.0. The smallest absolute Gasteiger partial charge is 0.305 e. The third kappa shape index (κ3) is 23.7. The van der Waals surface area contributed by atoms with Crippen LogP contribution in [0.3, 0.4) is 0 Å². The van der Waals surface area contributed by atoms with Gasteiger partial charge in [-0.15, -0.1) is 0 Å². The Balaban J connectivity index is -0.000000208. The second kappa shape index (κ2) is 20.5. The van der Waals surface area contributed by atoms with Gasteiger partial charge in [0.15, 0.2) is 0 Å². The second-order valence-electron chi connectivity index (χ2n) is 1.85. The van der Waals surface area contributed by atoms with E-state index in [9.17, 15) is 4.21 Å². The SMILES string of the molecule is CO.COCC1COS(=O)O1.II.O=S(Cl)Cl. The van der Waals surface area contributed by atoms with Crippen molar-refractivity contribution in [2.45, 2.75) is 6.10 Å². The average Bonchev–Trinajstić information content (AvgIpc) is 2.70. The molecule has 0 aliphatic carbocycles. The van der Waals surface area contributed by atoms with E-state index in [-0.39, 0.29) is 6.10 Å². The summed E-state index contributed by atoms with van der Waals surface area (Å²) in [7, 11) is 9.92. The van der Waals surface area contributed by atoms with Gasteiger partial charge < -0.3 is 9.84 Å². The molecule has 0 spiro atoms. The molecule has 1 N–H and O–H groups in total. The number of hydrogen-bond acceptors (Lipinski definition) is 6. The fraction of sp³-hybridized carbons (Fsp3) is 1.00. The van der Waals surface area contributed by atoms with Crippen molar-refractivity contribution < 1.29 is 26.6 Å². The van der Waals surface area contributed by atoms with Crippen LogP contribution in [0.5, 0.6) is 0 Å². The van der Waals surface area contributed by atoms with Crippen LogP contribution in [-0.4, -0.2) is 47.1 Å². The summed E-state index contributed by atoms with van der Waals surface area (Å²) in [6.07, 6.45) is -0.157. The standard InChI is InChI=1S/C4H8O4S.CH4O.Cl2OS.I2/c1-6-2-4-3-7-9(5)8-4;1-2;1-4(2)3;1-2/h4H,2-3H2,1H3;2H,1H3;;. The fourth-order valence-corrected chi connectivity index (χ4v) is 1.21. The van der Waals surface area contributed by atoms with Gasteiger partial charge in [0.2, 0.25) is 9.23 Å². The van der Waals surface area contributed by atoms with Crippen molar-refractivity contribution in [2.75, 3.05) is 27.4 Å². The van der Waals surface area contributed by atoms with Gasteiger partial charge in [0, 0.05) is 72.8 Å². The van der Waals surface area contributed by atoms with Gasteiger partial charge in [-0.25, -0.2) is 4.21 Å². The van der Waals surface area contributed by atoms with E-state index in [1.807, 2.05) is 0 Å². The molecule has 17 heavy (non-hydrogen) atoms. The molecule has 12 heteroatoms. The van der Waals surface area contributed by atoms with E-state index in [2.05, 4.69) is 62.8 Å². The molecule has 0 aromatic heterocycles. The minimum Gasteiger partial charge on any atom is -0.400 e. The van der Waals surface area contributed by atoms with E-state index < -0.39 is 20.6 Å². The van der Waals surface area contributed by atoms with Crippen LogP contribution >= 0.6 is 58.6 Å². The van der Waals surface area contributed by atoms with Gasteiger partial charge in [0.05, 0.1) is 13.2 Å². The molecular weight excluding hydrogens is 545 g/mol. The predicted molar refractivity (Wildman–Crippen MR) is 86.9 cm³/mol. The normalized spacial score (nSPS) is 21.4. The van der Waals surface area contributed by atoms with Gasteiger partial charge in [-0.3, -0.25) is 8.37 Å². The van der Waals surface area contributed by atoms with E-state index >= 15 is 0 Å². The summed E-state index contributed by atoms with van der Waals surface area (Å²) in [5, 5.41) is 7.00. The third-order valence-electron chi connectivity index (χ3n) is 0.917. The Bertz CT molecular complexity index is 197. The Labute approximate surface area is 138 Å². The molecule has 0 aromatic rings. The number of ether oxygens (including phenoxy) is 1. The zero-order chi connectivity index (χ0) is 14.3. The summed E-state index contributed by atoms with van der Waals surface area (Å²) in [5.74, 6) is 0. The molecule has 1 heterocycles. The molecule has 2 unspecified atom stereocenters. The number of rotatable bonds is 2. The van der Waals surface area contributed by atoms with E-state index in [4.69, 9.17) is 18.2 Å². The lowest BCUT2D eigenvalue weighted by atomic mass is 10.4. The van der Waals surface area contributed by atoms with Crippen molar-refractivity contribution in [2.24, 2.45) is 0 Å². The van der Waals surface area contributed by atoms with Crippen LogP contribution < -0.4 is 0 Å². The quantitative estimate of drug-likeness (QED) is 0.414. The number of aliphatic hydroxyl groups excluding tert-OH is 1. The van der Waals surface area contributed by atoms with Crippen molar-refractivity contribution >= 4 is 79.2 Å². The van der Waals surface area contributed by atoms with Gasteiger partial charge in [-0.05, 0) is 0 Å². The fourth-order valence-electron chi connectivity index (χ4n) is 0.560. The number of methoxy groups -OCH3 is 1. The minimum atomic E-state index is -1.67. The van der Waals surface area contributed by atoms with Crippen LogP contribution in [0, 0.1) is 0 Å². The van der Waals surface area contributed by atoms with Crippen molar-refractivity contribution in [3.63, 3.8) is 0 Å². The first-order valence-corrected chi connectivity index (χ1v) is 13.7. The first kappa shape index (κ1) is 24.2. The van der Waals surface area contributed by atoms with Crippen molar-refractivity contribution in [3.05, 3.63) is 0 Å². The molecule has 6 nitrogen and oxygen atoms in total. The van der Waals surface area contributed by atoms with Crippen LogP contribution in [0.15, 0.2) is 0 Å². The lowest BCUT2D eigenvalue weighted by molar-refractivity contribution is 0.0967. The topological polar surface area (TPSA) is 82.1 Å². The number of hydrogen-bond donors (Lipinski definition) is 1. The largest absolute Gasteiger partial charge is 0.400 e. The van der Waals surface area contributed by atoms with Crippen LogP contribution in [0.1, 0.15) is 0 Å². The molecule has 0 saturated carbocycles. The molecular formula is C5H12Cl2I2O6S2. The van der Waals surface area contributed by atoms with Gasteiger partial charge in [0.25, 0.3) is 0 Å². The van der Waals surface area contributed by atoms with Gasteiger partial charge >= 0.3 is 11.4 Å². The molecule has 1 fully saturated rings. The monoisotopic (exact) mass is 556 g/mol. The number of halogens is 4. The van der Waals surface area contributed by atoms with Gasteiger partial charge in [-0.1, -0.05) is 0 Å². The summed E-state index contributed by atoms with van der Waals surface area (Å²) in [4.78, 5) is 0. The predicted octanol–water partition coefficient (Wildman–Crippen LogP) is 2.05. The molecule has 1 aliphatic heterocycles. The zero-order valence-corrected chi connectivity index (χ0v) is 16.3. The van der Waals surface area contributed by atoms with Crippen molar-refractivity contribution in [1.29, 1.82) is 0 Å². The Hall–Kier alpha value is 2.18. The molecule has 1 aliphatic rings. The molecule has 0 bridgehead atoms. The Morgan fingerprint density at radius 2 is 1.94 bits per heavy atom. The zero-order valence-electron chi connectivity index (χ0n) is 8.81. The first-order chi connectivity index (χ1) is 8.06. The van der Waals surface area contributed by atoms with Crippen LogP contribution in [-0.2, 0) is 33.7 Å². The van der Waals surface area contributed by atoms with Crippen molar-refractivity contribution in [1.82, 2.24) is 0 Å². The van der Waals surface area contributed by atoms with Crippen molar-refractivity contribution in [3.8, 4) is 0 Å².